The Bertz CT molecular complexity index is 1290. The van der Waals surface area contributed by atoms with Gasteiger partial charge in [-0.3, -0.25) is 14.6 Å². The van der Waals surface area contributed by atoms with Crippen molar-refractivity contribution in [2.75, 3.05) is 27.2 Å². The summed E-state index contributed by atoms with van der Waals surface area (Å²) in [6.07, 6.45) is 1.44. The molecule has 0 spiro atoms. The van der Waals surface area contributed by atoms with Gasteiger partial charge in [-0.1, -0.05) is 84.9 Å². The van der Waals surface area contributed by atoms with Crippen LogP contribution in [-0.4, -0.2) is 66.8 Å². The summed E-state index contributed by atoms with van der Waals surface area (Å²) in [5, 5.41) is 2.61. The van der Waals surface area contributed by atoms with Crippen LogP contribution in [0.15, 0.2) is 89.9 Å². The van der Waals surface area contributed by atoms with Gasteiger partial charge in [-0.25, -0.2) is 4.79 Å². The van der Waals surface area contributed by atoms with Crippen molar-refractivity contribution in [2.24, 2.45) is 22.2 Å². The van der Waals surface area contributed by atoms with Crippen LogP contribution in [0.5, 0.6) is 0 Å². The van der Waals surface area contributed by atoms with Crippen LogP contribution in [-0.2, 0) is 22.6 Å². The molecule has 0 radical (unpaired) electrons. The molecular formula is C32H41N7O3. The number of guanidine groups is 1. The van der Waals surface area contributed by atoms with Crippen molar-refractivity contribution in [2.45, 2.75) is 37.8 Å². The van der Waals surface area contributed by atoms with E-state index >= 15 is 0 Å². The largest absolute Gasteiger partial charge is 0.370 e. The summed E-state index contributed by atoms with van der Waals surface area (Å²) in [5.74, 6) is -1.49. The van der Waals surface area contributed by atoms with Crippen LogP contribution in [0.25, 0.3) is 0 Å². The second kappa shape index (κ2) is 15.8. The number of carbonyl (C=O) groups excluding carboxylic acids is 3. The summed E-state index contributed by atoms with van der Waals surface area (Å²) in [7, 11) is 3.34. The van der Waals surface area contributed by atoms with Crippen LogP contribution in [0.4, 0.5) is 4.79 Å². The molecule has 222 valence electrons. The number of nitrogens with zero attached hydrogens (tertiary/aromatic N) is 3. The van der Waals surface area contributed by atoms with Crippen molar-refractivity contribution < 1.29 is 14.4 Å². The fraction of sp³-hybridized carbons (Fsp3) is 0.312. The van der Waals surface area contributed by atoms with Gasteiger partial charge in [-0.05, 0) is 41.5 Å². The Morgan fingerprint density at radius 1 is 0.833 bits per heavy atom. The van der Waals surface area contributed by atoms with Gasteiger partial charge >= 0.3 is 6.03 Å². The van der Waals surface area contributed by atoms with Gasteiger partial charge in [0.15, 0.2) is 5.96 Å². The van der Waals surface area contributed by atoms with Crippen LogP contribution >= 0.6 is 0 Å². The molecule has 10 nitrogen and oxygen atoms in total. The fourth-order valence-corrected chi connectivity index (χ4v) is 4.82. The number of primary amides is 1. The van der Waals surface area contributed by atoms with Crippen molar-refractivity contribution in [1.29, 1.82) is 0 Å². The first-order chi connectivity index (χ1) is 20.2. The average Bonchev–Trinajstić information content (AvgIpc) is 3.00. The third kappa shape index (κ3) is 9.09. The number of amides is 4. The van der Waals surface area contributed by atoms with E-state index in [9.17, 15) is 14.4 Å². The second-order valence-electron chi connectivity index (χ2n) is 10.1. The molecule has 3 aromatic carbocycles. The lowest BCUT2D eigenvalue weighted by Crippen LogP contribution is -2.49. The van der Waals surface area contributed by atoms with Gasteiger partial charge in [-0.15, -0.1) is 0 Å². The Hall–Kier alpha value is -4.86. The molecule has 10 heteroatoms. The lowest BCUT2D eigenvalue weighted by atomic mass is 9.89. The molecule has 0 heterocycles. The molecule has 0 aliphatic rings. The molecule has 1 atom stereocenters. The molecule has 0 bridgehead atoms. The number of hydrogen-bond donors (Lipinski definition) is 4. The quantitative estimate of drug-likeness (QED) is 0.133. The van der Waals surface area contributed by atoms with Crippen LogP contribution in [0.1, 0.15) is 41.0 Å². The van der Waals surface area contributed by atoms with E-state index < -0.39 is 17.9 Å². The summed E-state index contributed by atoms with van der Waals surface area (Å²) in [5.41, 5.74) is 20.4. The van der Waals surface area contributed by atoms with Gasteiger partial charge in [0.1, 0.15) is 6.04 Å². The minimum absolute atomic E-state index is 0.0339. The number of benzene rings is 3. The van der Waals surface area contributed by atoms with Gasteiger partial charge in [0.25, 0.3) is 0 Å². The highest BCUT2D eigenvalue weighted by atomic mass is 16.2. The van der Waals surface area contributed by atoms with Crippen LogP contribution < -0.4 is 22.5 Å². The SMILES string of the molecule is CNC(=O)N(C)CCc1ccc(CN(C(=O)C(c2ccccc2)c2ccccc2)[C@H](CCCN=C(N)N)C(N)=O)cc1. The molecular weight excluding hydrogens is 530 g/mol. The smallest absolute Gasteiger partial charge is 0.316 e. The van der Waals surface area contributed by atoms with E-state index in [1.807, 2.05) is 84.9 Å². The zero-order valence-electron chi connectivity index (χ0n) is 24.3. The van der Waals surface area contributed by atoms with Crippen molar-refractivity contribution in [3.8, 4) is 0 Å². The van der Waals surface area contributed by atoms with Crippen molar-refractivity contribution in [3.05, 3.63) is 107 Å². The number of carbonyl (C=O) groups is 3. The minimum Gasteiger partial charge on any atom is -0.370 e. The highest BCUT2D eigenvalue weighted by molar-refractivity contribution is 5.92. The number of aliphatic imine (C=N–C) groups is 1. The average molecular weight is 572 g/mol. The highest BCUT2D eigenvalue weighted by Crippen LogP contribution is 2.29. The van der Waals surface area contributed by atoms with Gasteiger partial charge in [0, 0.05) is 33.7 Å². The predicted molar refractivity (Wildman–Crippen MR) is 165 cm³/mol. The van der Waals surface area contributed by atoms with E-state index in [0.29, 0.717) is 32.4 Å². The van der Waals surface area contributed by atoms with Crippen LogP contribution in [0, 0.1) is 0 Å². The first-order valence-corrected chi connectivity index (χ1v) is 14.0. The first kappa shape index (κ1) is 31.7. The van der Waals surface area contributed by atoms with Gasteiger partial charge in [0.2, 0.25) is 11.8 Å². The molecule has 3 rings (SSSR count). The van der Waals surface area contributed by atoms with Crippen molar-refractivity contribution >= 4 is 23.8 Å². The van der Waals surface area contributed by atoms with E-state index in [0.717, 1.165) is 22.3 Å². The van der Waals surface area contributed by atoms with Crippen LogP contribution in [0.2, 0.25) is 0 Å². The van der Waals surface area contributed by atoms with E-state index in [2.05, 4.69) is 10.3 Å². The molecule has 0 saturated carbocycles. The summed E-state index contributed by atoms with van der Waals surface area (Å²) >= 11 is 0. The minimum atomic E-state index is -0.873. The highest BCUT2D eigenvalue weighted by Gasteiger charge is 2.34. The maximum atomic E-state index is 14.5. The molecule has 42 heavy (non-hydrogen) atoms. The lowest BCUT2D eigenvalue weighted by Gasteiger charge is -2.33. The summed E-state index contributed by atoms with van der Waals surface area (Å²) in [6, 6.07) is 25.8. The standard InChI is InChI=1S/C32H41N7O3/c1-36-32(42)38(2)21-19-23-15-17-24(18-16-23)22-39(27(29(33)40)14-9-20-37-31(34)35)30(41)28(25-10-5-3-6-11-25)26-12-7-4-8-13-26/h3-8,10-13,15-18,27-28H,9,14,19-22H2,1-2H3,(H2,33,40)(H,36,42)(H4,34,35,37)/t27-/m1/s1. The Morgan fingerprint density at radius 2 is 1.38 bits per heavy atom. The summed E-state index contributed by atoms with van der Waals surface area (Å²) in [4.78, 5) is 46.3. The number of nitrogens with one attached hydrogen (secondary N) is 1. The van der Waals surface area contributed by atoms with Gasteiger partial charge < -0.3 is 32.3 Å². The van der Waals surface area contributed by atoms with E-state index in [1.54, 1.807) is 23.9 Å². The third-order valence-corrected chi connectivity index (χ3v) is 7.10. The molecule has 3 aromatic rings. The maximum absolute atomic E-state index is 14.5. The van der Waals surface area contributed by atoms with Crippen LogP contribution in [0.3, 0.4) is 0 Å². The number of hydrogen-bond acceptors (Lipinski definition) is 4. The molecule has 0 aromatic heterocycles. The van der Waals surface area contributed by atoms with E-state index in [1.165, 1.54) is 0 Å². The van der Waals surface area contributed by atoms with Crippen molar-refractivity contribution in [1.82, 2.24) is 15.1 Å². The Balaban J connectivity index is 1.93. The monoisotopic (exact) mass is 571 g/mol. The number of urea groups is 1. The normalized spacial score (nSPS) is 11.4. The lowest BCUT2D eigenvalue weighted by molar-refractivity contribution is -0.141. The molecule has 0 fully saturated rings. The number of rotatable bonds is 14. The Kier molecular flexibility index (Phi) is 11.9. The summed E-state index contributed by atoms with van der Waals surface area (Å²) in [6.45, 7) is 1.05. The topological polar surface area (TPSA) is 160 Å². The molecule has 4 amide bonds. The fourth-order valence-electron chi connectivity index (χ4n) is 4.82. The molecule has 0 unspecified atom stereocenters. The molecule has 7 N–H and O–H groups in total. The molecule has 0 aliphatic heterocycles. The van der Waals surface area contributed by atoms with Gasteiger partial charge in [0.05, 0.1) is 5.92 Å². The maximum Gasteiger partial charge on any atom is 0.316 e. The predicted octanol–water partition coefficient (Wildman–Crippen LogP) is 2.57. The third-order valence-electron chi connectivity index (χ3n) is 7.10. The Morgan fingerprint density at radius 3 is 1.88 bits per heavy atom. The Labute approximate surface area is 247 Å². The van der Waals surface area contributed by atoms with E-state index in [-0.39, 0.29) is 24.4 Å². The first-order valence-electron chi connectivity index (χ1n) is 14.0. The van der Waals surface area contributed by atoms with E-state index in [4.69, 9.17) is 17.2 Å². The van der Waals surface area contributed by atoms with Crippen molar-refractivity contribution in [3.63, 3.8) is 0 Å². The second-order valence-corrected chi connectivity index (χ2v) is 10.1. The summed E-state index contributed by atoms with van der Waals surface area (Å²) < 4.78 is 0. The molecule has 0 aliphatic carbocycles. The zero-order chi connectivity index (χ0) is 30.5. The molecule has 0 saturated heterocycles. The zero-order valence-corrected chi connectivity index (χ0v) is 24.3. The van der Waals surface area contributed by atoms with Gasteiger partial charge in [-0.2, -0.15) is 0 Å². The number of likely N-dealkylation sites (N-methyl/N-ethyl adjacent to an activating group) is 1. The number of nitrogens with two attached hydrogens (primary N) is 3.